The van der Waals surface area contributed by atoms with E-state index >= 15 is 0 Å². The van der Waals surface area contributed by atoms with E-state index in [1.54, 1.807) is 24.3 Å². The summed E-state index contributed by atoms with van der Waals surface area (Å²) in [5.74, 6) is -0.0921. The number of nitrogens with two attached hydrogens (primary N) is 1. The summed E-state index contributed by atoms with van der Waals surface area (Å²) in [5.41, 5.74) is 5.83. The molecule has 0 heterocycles. The lowest BCUT2D eigenvalue weighted by Crippen LogP contribution is -2.46. The molecule has 0 bridgehead atoms. The third kappa shape index (κ3) is 6.63. The highest BCUT2D eigenvalue weighted by Gasteiger charge is 2.14. The summed E-state index contributed by atoms with van der Waals surface area (Å²) in [7, 11) is 0. The molecule has 0 spiro atoms. The number of nitrogen functional groups attached to an aromatic ring is 1. The summed E-state index contributed by atoms with van der Waals surface area (Å²) in [5, 5.41) is 5.23. The van der Waals surface area contributed by atoms with Crippen molar-refractivity contribution >= 4 is 17.5 Å². The minimum atomic E-state index is -0.364. The molecule has 0 aliphatic heterocycles. The molecule has 6 nitrogen and oxygen atoms in total. The maximum atomic E-state index is 11.5. The van der Waals surface area contributed by atoms with Gasteiger partial charge in [0.05, 0.1) is 6.54 Å². The summed E-state index contributed by atoms with van der Waals surface area (Å²) < 4.78 is 5.26. The Labute approximate surface area is 118 Å². The summed E-state index contributed by atoms with van der Waals surface area (Å²) in [6, 6.07) is 6.79. The second kappa shape index (κ2) is 6.79. The van der Waals surface area contributed by atoms with Gasteiger partial charge >= 0.3 is 0 Å². The van der Waals surface area contributed by atoms with Gasteiger partial charge in [-0.1, -0.05) is 6.07 Å². The first-order chi connectivity index (χ1) is 9.26. The van der Waals surface area contributed by atoms with Crippen molar-refractivity contribution < 1.29 is 14.3 Å². The number of anilines is 1. The Morgan fingerprint density at radius 2 is 1.95 bits per heavy atom. The van der Waals surface area contributed by atoms with E-state index < -0.39 is 0 Å². The number of hydrogen-bond donors (Lipinski definition) is 3. The normalized spacial score (nSPS) is 10.8. The van der Waals surface area contributed by atoms with Gasteiger partial charge in [-0.3, -0.25) is 9.59 Å². The van der Waals surface area contributed by atoms with E-state index in [1.807, 2.05) is 20.8 Å². The molecule has 0 atom stereocenters. The number of carbonyl (C=O) groups is 2. The van der Waals surface area contributed by atoms with Crippen molar-refractivity contribution in [2.45, 2.75) is 26.3 Å². The maximum Gasteiger partial charge on any atom is 0.258 e. The zero-order valence-electron chi connectivity index (χ0n) is 12.0. The molecule has 0 aromatic heterocycles. The van der Waals surface area contributed by atoms with Crippen molar-refractivity contribution in [2.24, 2.45) is 0 Å². The molecule has 1 aromatic carbocycles. The van der Waals surface area contributed by atoms with Crippen LogP contribution in [0.25, 0.3) is 0 Å². The summed E-state index contributed by atoms with van der Waals surface area (Å²) in [6.07, 6.45) is 0. The van der Waals surface area contributed by atoms with Gasteiger partial charge in [0, 0.05) is 17.3 Å². The fraction of sp³-hybridized carbons (Fsp3) is 0.429. The van der Waals surface area contributed by atoms with Gasteiger partial charge in [0.1, 0.15) is 5.75 Å². The van der Waals surface area contributed by atoms with Gasteiger partial charge in [-0.05, 0) is 32.9 Å². The van der Waals surface area contributed by atoms with E-state index in [2.05, 4.69) is 10.6 Å². The van der Waals surface area contributed by atoms with Crippen LogP contribution in [-0.2, 0) is 9.59 Å². The first-order valence-electron chi connectivity index (χ1n) is 6.32. The van der Waals surface area contributed by atoms with Crippen LogP contribution in [0.2, 0.25) is 0 Å². The Hall–Kier alpha value is -2.24. The zero-order valence-corrected chi connectivity index (χ0v) is 12.0. The molecule has 0 saturated heterocycles. The maximum absolute atomic E-state index is 11.5. The van der Waals surface area contributed by atoms with Crippen molar-refractivity contribution in [3.63, 3.8) is 0 Å². The summed E-state index contributed by atoms with van der Waals surface area (Å²) in [4.78, 5) is 23.0. The first-order valence-corrected chi connectivity index (χ1v) is 6.32. The quantitative estimate of drug-likeness (QED) is 0.691. The van der Waals surface area contributed by atoms with E-state index in [4.69, 9.17) is 10.5 Å². The molecule has 0 aliphatic carbocycles. The van der Waals surface area contributed by atoms with Crippen LogP contribution in [0.1, 0.15) is 20.8 Å². The number of benzene rings is 1. The van der Waals surface area contributed by atoms with Crippen molar-refractivity contribution in [3.8, 4) is 5.75 Å². The lowest BCUT2D eigenvalue weighted by atomic mass is 10.1. The lowest BCUT2D eigenvalue weighted by Gasteiger charge is -2.20. The number of hydrogen-bond acceptors (Lipinski definition) is 4. The van der Waals surface area contributed by atoms with Gasteiger partial charge < -0.3 is 21.1 Å². The molecule has 0 fully saturated rings. The van der Waals surface area contributed by atoms with Crippen LogP contribution in [0, 0.1) is 0 Å². The second-order valence-corrected chi connectivity index (χ2v) is 5.44. The summed E-state index contributed by atoms with van der Waals surface area (Å²) in [6.45, 7) is 5.38. The largest absolute Gasteiger partial charge is 0.484 e. The molecule has 20 heavy (non-hydrogen) atoms. The van der Waals surface area contributed by atoms with E-state index in [0.717, 1.165) is 0 Å². The second-order valence-electron chi connectivity index (χ2n) is 5.44. The van der Waals surface area contributed by atoms with Crippen LogP contribution < -0.4 is 21.1 Å². The molecule has 1 aromatic rings. The monoisotopic (exact) mass is 279 g/mol. The fourth-order valence-corrected chi connectivity index (χ4v) is 1.45. The molecule has 2 amide bonds. The van der Waals surface area contributed by atoms with Crippen molar-refractivity contribution in [1.82, 2.24) is 10.6 Å². The van der Waals surface area contributed by atoms with Crippen molar-refractivity contribution in [1.29, 1.82) is 0 Å². The standard InChI is InChI=1S/C14H21N3O3/c1-14(2,3)17-12(18)8-16-13(19)9-20-11-6-4-5-10(15)7-11/h4-7H,8-9,15H2,1-3H3,(H,16,19)(H,17,18). The predicted molar refractivity (Wildman–Crippen MR) is 77.3 cm³/mol. The highest BCUT2D eigenvalue weighted by Crippen LogP contribution is 2.13. The van der Waals surface area contributed by atoms with Gasteiger partial charge in [-0.2, -0.15) is 0 Å². The van der Waals surface area contributed by atoms with Crippen molar-refractivity contribution in [2.75, 3.05) is 18.9 Å². The Morgan fingerprint density at radius 3 is 2.55 bits per heavy atom. The highest BCUT2D eigenvalue weighted by atomic mass is 16.5. The van der Waals surface area contributed by atoms with Crippen LogP contribution in [-0.4, -0.2) is 30.5 Å². The SMILES string of the molecule is CC(C)(C)NC(=O)CNC(=O)COc1cccc(N)c1. The minimum Gasteiger partial charge on any atom is -0.484 e. The van der Waals surface area contributed by atoms with Gasteiger partial charge in [0.25, 0.3) is 5.91 Å². The van der Waals surface area contributed by atoms with Gasteiger partial charge in [-0.25, -0.2) is 0 Å². The zero-order chi connectivity index (χ0) is 15.2. The van der Waals surface area contributed by atoms with Crippen LogP contribution in [0.15, 0.2) is 24.3 Å². The molecule has 1 rings (SSSR count). The van der Waals surface area contributed by atoms with Crippen LogP contribution in [0.5, 0.6) is 5.75 Å². The molecule has 0 saturated carbocycles. The molecule has 110 valence electrons. The average Bonchev–Trinajstić information content (AvgIpc) is 2.32. The number of rotatable bonds is 5. The van der Waals surface area contributed by atoms with E-state index in [9.17, 15) is 9.59 Å². The van der Waals surface area contributed by atoms with Gasteiger partial charge in [-0.15, -0.1) is 0 Å². The van der Waals surface area contributed by atoms with E-state index in [1.165, 1.54) is 0 Å². The molecule has 6 heteroatoms. The van der Waals surface area contributed by atoms with Gasteiger partial charge in [0.2, 0.25) is 5.91 Å². The molecule has 4 N–H and O–H groups in total. The van der Waals surface area contributed by atoms with Gasteiger partial charge in [0.15, 0.2) is 6.61 Å². The summed E-state index contributed by atoms with van der Waals surface area (Å²) >= 11 is 0. The van der Waals surface area contributed by atoms with Crippen LogP contribution >= 0.6 is 0 Å². The molecular formula is C14H21N3O3. The topological polar surface area (TPSA) is 93.5 Å². The van der Waals surface area contributed by atoms with Crippen LogP contribution in [0.3, 0.4) is 0 Å². The Kier molecular flexibility index (Phi) is 5.37. The number of ether oxygens (including phenoxy) is 1. The Morgan fingerprint density at radius 1 is 1.25 bits per heavy atom. The predicted octanol–water partition coefficient (Wildman–Crippen LogP) is 0.679. The highest BCUT2D eigenvalue weighted by molar-refractivity contribution is 5.85. The third-order valence-electron chi connectivity index (χ3n) is 2.19. The number of carbonyl (C=O) groups excluding carboxylic acids is 2. The number of nitrogens with one attached hydrogen (secondary N) is 2. The molecule has 0 unspecified atom stereocenters. The average molecular weight is 279 g/mol. The Balaban J connectivity index is 2.29. The lowest BCUT2D eigenvalue weighted by molar-refractivity contribution is -0.127. The first kappa shape index (κ1) is 15.8. The smallest absolute Gasteiger partial charge is 0.258 e. The fourth-order valence-electron chi connectivity index (χ4n) is 1.45. The number of amides is 2. The Bertz CT molecular complexity index is 481. The van der Waals surface area contributed by atoms with E-state index in [0.29, 0.717) is 11.4 Å². The molecule has 0 radical (unpaired) electrons. The molecule has 0 aliphatic rings. The third-order valence-corrected chi connectivity index (χ3v) is 2.19. The molecular weight excluding hydrogens is 258 g/mol. The van der Waals surface area contributed by atoms with E-state index in [-0.39, 0.29) is 30.5 Å². The minimum absolute atomic E-state index is 0.0730. The van der Waals surface area contributed by atoms with Crippen LogP contribution in [0.4, 0.5) is 5.69 Å². The van der Waals surface area contributed by atoms with Crippen molar-refractivity contribution in [3.05, 3.63) is 24.3 Å².